The predicted molar refractivity (Wildman–Crippen MR) is 65.4 cm³/mol. The number of alkyl halides is 2. The molecular weight excluding hydrogens is 254 g/mol. The highest BCUT2D eigenvalue weighted by Gasteiger charge is 2.15. The van der Waals surface area contributed by atoms with E-state index in [0.717, 1.165) is 5.56 Å². The van der Waals surface area contributed by atoms with Gasteiger partial charge in [0.15, 0.2) is 0 Å². The number of nitrogens with two attached hydrogens (primary N) is 1. The summed E-state index contributed by atoms with van der Waals surface area (Å²) in [7, 11) is 1.79. The molecule has 7 heteroatoms. The largest absolute Gasteiger partial charge is 0.435 e. The van der Waals surface area contributed by atoms with Crippen LogP contribution >= 0.6 is 0 Å². The SMILES string of the molecule is Cn1cc(C(NN)c2cccc(OC(F)F)c2)cn1. The van der Waals surface area contributed by atoms with E-state index in [-0.39, 0.29) is 11.8 Å². The minimum absolute atomic E-state index is 0.0941. The first kappa shape index (κ1) is 13.4. The topological polar surface area (TPSA) is 65.1 Å². The molecule has 0 aliphatic rings. The van der Waals surface area contributed by atoms with E-state index in [9.17, 15) is 8.78 Å². The molecule has 3 N–H and O–H groups in total. The summed E-state index contributed by atoms with van der Waals surface area (Å²) < 4.78 is 30.4. The first-order valence-electron chi connectivity index (χ1n) is 5.59. The molecule has 0 fully saturated rings. The Morgan fingerprint density at radius 2 is 2.16 bits per heavy atom. The molecule has 1 heterocycles. The predicted octanol–water partition coefficient (Wildman–Crippen LogP) is 1.57. The zero-order valence-corrected chi connectivity index (χ0v) is 10.3. The van der Waals surface area contributed by atoms with Crippen molar-refractivity contribution in [3.05, 3.63) is 47.8 Å². The van der Waals surface area contributed by atoms with Crippen LogP contribution in [-0.4, -0.2) is 16.4 Å². The first-order chi connectivity index (χ1) is 9.10. The average molecular weight is 268 g/mol. The maximum atomic E-state index is 12.2. The lowest BCUT2D eigenvalue weighted by Crippen LogP contribution is -2.28. The Kier molecular flexibility index (Phi) is 4.08. The summed E-state index contributed by atoms with van der Waals surface area (Å²) in [4.78, 5) is 0. The normalized spacial score (nSPS) is 12.7. The number of halogens is 2. The number of hydrogen-bond donors (Lipinski definition) is 2. The number of nitrogens with one attached hydrogen (secondary N) is 1. The van der Waals surface area contributed by atoms with Crippen LogP contribution < -0.4 is 16.0 Å². The Bertz CT molecular complexity index is 544. The lowest BCUT2D eigenvalue weighted by Gasteiger charge is -2.15. The smallest absolute Gasteiger partial charge is 0.387 e. The van der Waals surface area contributed by atoms with E-state index in [1.807, 2.05) is 0 Å². The molecule has 0 radical (unpaired) electrons. The number of ether oxygens (including phenoxy) is 1. The Balaban J connectivity index is 2.28. The fourth-order valence-corrected chi connectivity index (χ4v) is 1.84. The molecule has 1 unspecified atom stereocenters. The van der Waals surface area contributed by atoms with E-state index in [1.165, 1.54) is 12.1 Å². The summed E-state index contributed by atoms with van der Waals surface area (Å²) in [5, 5.41) is 4.05. The van der Waals surface area contributed by atoms with Crippen LogP contribution in [0.25, 0.3) is 0 Å². The minimum atomic E-state index is -2.85. The number of aryl methyl sites for hydroxylation is 1. The van der Waals surface area contributed by atoms with Crippen LogP contribution in [0, 0.1) is 0 Å². The summed E-state index contributed by atoms with van der Waals surface area (Å²) in [6, 6.07) is 6.05. The monoisotopic (exact) mass is 268 g/mol. The summed E-state index contributed by atoms with van der Waals surface area (Å²) in [6.07, 6.45) is 3.45. The Labute approximate surface area is 108 Å². The Morgan fingerprint density at radius 3 is 2.74 bits per heavy atom. The van der Waals surface area contributed by atoms with E-state index in [2.05, 4.69) is 15.3 Å². The van der Waals surface area contributed by atoms with Gasteiger partial charge in [0, 0.05) is 18.8 Å². The second-order valence-electron chi connectivity index (χ2n) is 4.00. The van der Waals surface area contributed by atoms with Gasteiger partial charge in [-0.3, -0.25) is 10.5 Å². The fourth-order valence-electron chi connectivity index (χ4n) is 1.84. The number of hydrazine groups is 1. The van der Waals surface area contributed by atoms with Gasteiger partial charge in [0.25, 0.3) is 0 Å². The molecule has 0 saturated carbocycles. The highest BCUT2D eigenvalue weighted by Crippen LogP contribution is 2.25. The summed E-state index contributed by atoms with van der Waals surface area (Å²) in [5.74, 6) is 5.62. The van der Waals surface area contributed by atoms with Gasteiger partial charge in [-0.1, -0.05) is 12.1 Å². The van der Waals surface area contributed by atoms with Crippen LogP contribution in [0.2, 0.25) is 0 Å². The molecule has 5 nitrogen and oxygen atoms in total. The third-order valence-corrected chi connectivity index (χ3v) is 2.64. The molecule has 102 valence electrons. The highest BCUT2D eigenvalue weighted by molar-refractivity contribution is 5.35. The number of hydrogen-bond acceptors (Lipinski definition) is 4. The molecular formula is C12H14F2N4O. The minimum Gasteiger partial charge on any atom is -0.435 e. The van der Waals surface area contributed by atoms with Crippen LogP contribution in [0.15, 0.2) is 36.7 Å². The molecule has 0 aliphatic heterocycles. The lowest BCUT2D eigenvalue weighted by molar-refractivity contribution is -0.0498. The molecule has 1 aromatic carbocycles. The van der Waals surface area contributed by atoms with Crippen molar-refractivity contribution in [1.82, 2.24) is 15.2 Å². The van der Waals surface area contributed by atoms with Crippen molar-refractivity contribution in [2.24, 2.45) is 12.9 Å². The number of nitrogens with zero attached hydrogens (tertiary/aromatic N) is 2. The van der Waals surface area contributed by atoms with Crippen LogP contribution in [0.3, 0.4) is 0 Å². The summed E-state index contributed by atoms with van der Waals surface area (Å²) >= 11 is 0. The Morgan fingerprint density at radius 1 is 1.37 bits per heavy atom. The second-order valence-corrected chi connectivity index (χ2v) is 4.00. The molecule has 1 aromatic heterocycles. The molecule has 0 saturated heterocycles. The van der Waals surface area contributed by atoms with E-state index in [4.69, 9.17) is 5.84 Å². The molecule has 2 rings (SSSR count). The summed E-state index contributed by atoms with van der Waals surface area (Å²) in [6.45, 7) is -2.85. The van der Waals surface area contributed by atoms with Crippen molar-refractivity contribution in [3.63, 3.8) is 0 Å². The van der Waals surface area contributed by atoms with Crippen molar-refractivity contribution in [2.75, 3.05) is 0 Å². The highest BCUT2D eigenvalue weighted by atomic mass is 19.3. The standard InChI is InChI=1S/C12H14F2N4O/c1-18-7-9(6-16-18)11(17-15)8-3-2-4-10(5-8)19-12(13)14/h2-7,11-12,17H,15H2,1H3. The molecule has 1 atom stereocenters. The number of rotatable bonds is 5. The van der Waals surface area contributed by atoms with Gasteiger partial charge >= 0.3 is 6.61 Å². The molecule has 2 aromatic rings. The number of aromatic nitrogens is 2. The van der Waals surface area contributed by atoms with Crippen LogP contribution in [0.4, 0.5) is 8.78 Å². The van der Waals surface area contributed by atoms with Crippen LogP contribution in [0.1, 0.15) is 17.2 Å². The van der Waals surface area contributed by atoms with E-state index >= 15 is 0 Å². The van der Waals surface area contributed by atoms with Gasteiger partial charge in [0.2, 0.25) is 0 Å². The quantitative estimate of drug-likeness (QED) is 0.638. The average Bonchev–Trinajstić information content (AvgIpc) is 2.76. The van der Waals surface area contributed by atoms with Gasteiger partial charge in [-0.05, 0) is 17.7 Å². The second kappa shape index (κ2) is 5.77. The Hall–Kier alpha value is -1.99. The zero-order chi connectivity index (χ0) is 13.8. The van der Waals surface area contributed by atoms with Gasteiger partial charge < -0.3 is 4.74 Å². The summed E-state index contributed by atoms with van der Waals surface area (Å²) in [5.41, 5.74) is 4.18. The fraction of sp³-hybridized carbons (Fsp3) is 0.250. The molecule has 0 bridgehead atoms. The van der Waals surface area contributed by atoms with E-state index in [1.54, 1.807) is 36.3 Å². The van der Waals surface area contributed by atoms with Crippen molar-refractivity contribution < 1.29 is 13.5 Å². The maximum absolute atomic E-state index is 12.2. The molecule has 0 amide bonds. The molecule has 19 heavy (non-hydrogen) atoms. The third-order valence-electron chi connectivity index (χ3n) is 2.64. The first-order valence-corrected chi connectivity index (χ1v) is 5.59. The third kappa shape index (κ3) is 3.27. The van der Waals surface area contributed by atoms with E-state index < -0.39 is 6.61 Å². The lowest BCUT2D eigenvalue weighted by atomic mass is 10.0. The van der Waals surface area contributed by atoms with Gasteiger partial charge in [-0.15, -0.1) is 0 Å². The van der Waals surface area contributed by atoms with Gasteiger partial charge in [0.05, 0.1) is 12.2 Å². The van der Waals surface area contributed by atoms with E-state index in [0.29, 0.717) is 5.56 Å². The van der Waals surface area contributed by atoms with Crippen molar-refractivity contribution in [1.29, 1.82) is 0 Å². The van der Waals surface area contributed by atoms with Gasteiger partial charge in [-0.2, -0.15) is 13.9 Å². The van der Waals surface area contributed by atoms with Gasteiger partial charge in [-0.25, -0.2) is 5.43 Å². The zero-order valence-electron chi connectivity index (χ0n) is 10.3. The van der Waals surface area contributed by atoms with Crippen molar-refractivity contribution in [2.45, 2.75) is 12.7 Å². The van der Waals surface area contributed by atoms with Crippen molar-refractivity contribution >= 4 is 0 Å². The molecule has 0 aliphatic carbocycles. The van der Waals surface area contributed by atoms with Crippen LogP contribution in [0.5, 0.6) is 5.75 Å². The van der Waals surface area contributed by atoms with Crippen molar-refractivity contribution in [3.8, 4) is 5.75 Å². The molecule has 0 spiro atoms. The maximum Gasteiger partial charge on any atom is 0.387 e. The number of benzene rings is 1. The van der Waals surface area contributed by atoms with Crippen LogP contribution in [-0.2, 0) is 7.05 Å². The van der Waals surface area contributed by atoms with Gasteiger partial charge in [0.1, 0.15) is 5.75 Å².